The summed E-state index contributed by atoms with van der Waals surface area (Å²) in [6, 6.07) is 0. The average Bonchev–Trinajstić information content (AvgIpc) is 2.38. The summed E-state index contributed by atoms with van der Waals surface area (Å²) in [6.07, 6.45) is 7.49. The second-order valence-corrected chi connectivity index (χ2v) is 7.27. The smallest absolute Gasteiger partial charge is 0.312 e. The van der Waals surface area contributed by atoms with Crippen molar-refractivity contribution in [1.29, 1.82) is 0 Å². The average molecular weight is 268 g/mol. The summed E-state index contributed by atoms with van der Waals surface area (Å²) in [6.45, 7) is 5.82. The van der Waals surface area contributed by atoms with Crippen LogP contribution in [0.15, 0.2) is 0 Å². The zero-order chi connectivity index (χ0) is 14.1. The lowest BCUT2D eigenvalue weighted by Crippen LogP contribution is -2.49. The molecule has 2 saturated carbocycles. The third-order valence-corrected chi connectivity index (χ3v) is 5.25. The summed E-state index contributed by atoms with van der Waals surface area (Å²) in [5.41, 5.74) is -1.05. The van der Waals surface area contributed by atoms with Crippen LogP contribution >= 0.6 is 0 Å². The lowest BCUT2D eigenvalue weighted by molar-refractivity contribution is -0.186. The van der Waals surface area contributed by atoms with E-state index in [4.69, 9.17) is 4.74 Å². The van der Waals surface area contributed by atoms with E-state index >= 15 is 0 Å². The van der Waals surface area contributed by atoms with Crippen LogP contribution in [0.4, 0.5) is 0 Å². The minimum absolute atomic E-state index is 0.0223. The zero-order valence-corrected chi connectivity index (χ0v) is 12.6. The van der Waals surface area contributed by atoms with Crippen LogP contribution in [0.5, 0.6) is 0 Å². The molecule has 0 saturated heterocycles. The Morgan fingerprint density at radius 2 is 1.89 bits per heavy atom. The standard InChI is InChI=1S/C16H28O3/c1-4-15(2,3)14(18)19-16(11-17)9-12-6-5-7-13(8-12)10-16/h12-13,17H,4-11H2,1-3H3. The summed E-state index contributed by atoms with van der Waals surface area (Å²) in [5, 5.41) is 9.81. The summed E-state index contributed by atoms with van der Waals surface area (Å²) in [7, 11) is 0. The van der Waals surface area contributed by atoms with Crippen LogP contribution in [-0.4, -0.2) is 23.3 Å². The van der Waals surface area contributed by atoms with E-state index in [-0.39, 0.29) is 12.6 Å². The van der Waals surface area contributed by atoms with Crippen molar-refractivity contribution >= 4 is 5.97 Å². The highest BCUT2D eigenvalue weighted by Gasteiger charge is 2.46. The molecule has 19 heavy (non-hydrogen) atoms. The van der Waals surface area contributed by atoms with Gasteiger partial charge in [0.15, 0.2) is 0 Å². The fourth-order valence-electron chi connectivity index (χ4n) is 3.63. The highest BCUT2D eigenvalue weighted by molar-refractivity contribution is 5.76. The summed E-state index contributed by atoms with van der Waals surface area (Å²) < 4.78 is 5.83. The minimum Gasteiger partial charge on any atom is -0.456 e. The fraction of sp³-hybridized carbons (Fsp3) is 0.938. The lowest BCUT2D eigenvalue weighted by atomic mass is 9.66. The van der Waals surface area contributed by atoms with Gasteiger partial charge in [-0.25, -0.2) is 0 Å². The molecule has 0 aliphatic heterocycles. The van der Waals surface area contributed by atoms with Crippen LogP contribution in [0.3, 0.4) is 0 Å². The second kappa shape index (κ2) is 5.43. The largest absolute Gasteiger partial charge is 0.456 e. The number of aliphatic hydroxyl groups is 1. The molecule has 0 aromatic carbocycles. The van der Waals surface area contributed by atoms with Crippen LogP contribution in [0.2, 0.25) is 0 Å². The van der Waals surface area contributed by atoms with Gasteiger partial charge in [0.1, 0.15) is 5.60 Å². The predicted octanol–water partition coefficient (Wildman–Crippen LogP) is 3.30. The first kappa shape index (κ1) is 14.8. The van der Waals surface area contributed by atoms with Gasteiger partial charge >= 0.3 is 5.97 Å². The molecule has 2 atom stereocenters. The van der Waals surface area contributed by atoms with Crippen LogP contribution in [0.1, 0.15) is 65.7 Å². The molecule has 0 spiro atoms. The molecular formula is C16H28O3. The van der Waals surface area contributed by atoms with Gasteiger partial charge in [-0.15, -0.1) is 0 Å². The Bertz CT molecular complexity index is 323. The molecule has 2 unspecified atom stereocenters. The van der Waals surface area contributed by atoms with Gasteiger partial charge in [0.25, 0.3) is 0 Å². The SMILES string of the molecule is CCC(C)(C)C(=O)OC1(CO)CC2CCCC(C2)C1. The third kappa shape index (κ3) is 3.13. The Morgan fingerprint density at radius 3 is 2.37 bits per heavy atom. The Labute approximate surface area is 116 Å². The number of esters is 1. The molecule has 2 aliphatic carbocycles. The molecule has 0 aromatic heterocycles. The van der Waals surface area contributed by atoms with Crippen molar-refractivity contribution in [1.82, 2.24) is 0 Å². The molecular weight excluding hydrogens is 240 g/mol. The van der Waals surface area contributed by atoms with E-state index in [1.807, 2.05) is 20.8 Å². The zero-order valence-electron chi connectivity index (χ0n) is 12.6. The maximum Gasteiger partial charge on any atom is 0.312 e. The number of carbonyl (C=O) groups excluding carboxylic acids is 1. The fourth-order valence-corrected chi connectivity index (χ4v) is 3.63. The van der Waals surface area contributed by atoms with E-state index in [0.29, 0.717) is 11.8 Å². The van der Waals surface area contributed by atoms with Gasteiger partial charge in [0, 0.05) is 0 Å². The van der Waals surface area contributed by atoms with Gasteiger partial charge in [-0.3, -0.25) is 4.79 Å². The minimum atomic E-state index is -0.600. The third-order valence-electron chi connectivity index (χ3n) is 5.25. The predicted molar refractivity (Wildman–Crippen MR) is 74.7 cm³/mol. The first-order valence-corrected chi connectivity index (χ1v) is 7.75. The highest BCUT2D eigenvalue weighted by atomic mass is 16.6. The van der Waals surface area contributed by atoms with E-state index in [1.54, 1.807) is 0 Å². The number of carbonyl (C=O) groups is 1. The Kier molecular flexibility index (Phi) is 4.24. The van der Waals surface area contributed by atoms with Crippen LogP contribution in [-0.2, 0) is 9.53 Å². The van der Waals surface area contributed by atoms with Crippen LogP contribution in [0, 0.1) is 17.3 Å². The molecule has 2 bridgehead atoms. The number of hydrogen-bond acceptors (Lipinski definition) is 3. The van der Waals surface area contributed by atoms with Gasteiger partial charge in [-0.1, -0.05) is 26.2 Å². The Balaban J connectivity index is 2.08. The van der Waals surface area contributed by atoms with E-state index in [2.05, 4.69) is 0 Å². The van der Waals surface area contributed by atoms with Crippen molar-refractivity contribution in [3.63, 3.8) is 0 Å². The first-order valence-electron chi connectivity index (χ1n) is 7.75. The van der Waals surface area contributed by atoms with Crippen molar-refractivity contribution in [2.75, 3.05) is 6.61 Å². The summed E-state index contributed by atoms with van der Waals surface area (Å²) >= 11 is 0. The maximum absolute atomic E-state index is 12.3. The number of fused-ring (bicyclic) bond motifs is 2. The maximum atomic E-state index is 12.3. The molecule has 2 fully saturated rings. The molecule has 2 aliphatic rings. The van der Waals surface area contributed by atoms with E-state index in [9.17, 15) is 9.90 Å². The van der Waals surface area contributed by atoms with Gasteiger partial charge in [-0.05, 0) is 51.4 Å². The van der Waals surface area contributed by atoms with Gasteiger partial charge < -0.3 is 9.84 Å². The normalized spacial score (nSPS) is 34.9. The molecule has 0 amide bonds. The molecule has 0 radical (unpaired) electrons. The van der Waals surface area contributed by atoms with Crippen molar-refractivity contribution in [3.8, 4) is 0 Å². The number of rotatable bonds is 4. The molecule has 0 heterocycles. The molecule has 1 N–H and O–H groups in total. The quantitative estimate of drug-likeness (QED) is 0.796. The van der Waals surface area contributed by atoms with E-state index < -0.39 is 11.0 Å². The van der Waals surface area contributed by atoms with E-state index in [0.717, 1.165) is 19.3 Å². The molecule has 0 aromatic rings. The molecule has 110 valence electrons. The summed E-state index contributed by atoms with van der Waals surface area (Å²) in [5.74, 6) is 1.12. The molecule has 2 rings (SSSR count). The van der Waals surface area contributed by atoms with Gasteiger partial charge in [-0.2, -0.15) is 0 Å². The molecule has 3 nitrogen and oxygen atoms in total. The highest BCUT2D eigenvalue weighted by Crippen LogP contribution is 2.46. The molecule has 3 heteroatoms. The van der Waals surface area contributed by atoms with Crippen molar-refractivity contribution < 1.29 is 14.6 Å². The Hall–Kier alpha value is -0.570. The Morgan fingerprint density at radius 1 is 1.32 bits per heavy atom. The second-order valence-electron chi connectivity index (χ2n) is 7.27. The first-order chi connectivity index (χ1) is 8.91. The summed E-state index contributed by atoms with van der Waals surface area (Å²) in [4.78, 5) is 12.3. The van der Waals surface area contributed by atoms with Crippen molar-refractivity contribution in [3.05, 3.63) is 0 Å². The lowest BCUT2D eigenvalue weighted by Gasteiger charge is -2.46. The number of aliphatic hydroxyl groups excluding tert-OH is 1. The van der Waals surface area contributed by atoms with Crippen LogP contribution < -0.4 is 0 Å². The number of ether oxygens (including phenoxy) is 1. The van der Waals surface area contributed by atoms with Gasteiger partial charge in [0.2, 0.25) is 0 Å². The van der Waals surface area contributed by atoms with Crippen molar-refractivity contribution in [2.45, 2.75) is 71.3 Å². The number of hydrogen-bond donors (Lipinski definition) is 1. The van der Waals surface area contributed by atoms with Gasteiger partial charge in [0.05, 0.1) is 12.0 Å². The van der Waals surface area contributed by atoms with Crippen molar-refractivity contribution in [2.24, 2.45) is 17.3 Å². The topological polar surface area (TPSA) is 46.5 Å². The van der Waals surface area contributed by atoms with Crippen LogP contribution in [0.25, 0.3) is 0 Å². The monoisotopic (exact) mass is 268 g/mol. The van der Waals surface area contributed by atoms with E-state index in [1.165, 1.54) is 25.7 Å².